The van der Waals surface area contributed by atoms with E-state index in [1.807, 2.05) is 31.4 Å². The molecule has 0 aliphatic rings. The second kappa shape index (κ2) is 14.1. The lowest BCUT2D eigenvalue weighted by Gasteiger charge is -2.18. The average Bonchev–Trinajstić information content (AvgIpc) is 2.81. The number of rotatable bonds is 13. The van der Waals surface area contributed by atoms with Crippen LogP contribution in [0.15, 0.2) is 54.6 Å². The summed E-state index contributed by atoms with van der Waals surface area (Å²) in [6, 6.07) is 14.8. The highest BCUT2D eigenvalue weighted by molar-refractivity contribution is 7.98. The van der Waals surface area contributed by atoms with Gasteiger partial charge in [-0.3, -0.25) is 9.59 Å². The highest BCUT2D eigenvalue weighted by Gasteiger charge is 2.21. The van der Waals surface area contributed by atoms with E-state index in [2.05, 4.69) is 10.6 Å². The van der Waals surface area contributed by atoms with E-state index in [1.54, 1.807) is 48.2 Å². The predicted octanol–water partition coefficient (Wildman–Crippen LogP) is 3.90. The number of hydrogen-bond donors (Lipinski definition) is 2. The van der Waals surface area contributed by atoms with Crippen molar-refractivity contribution in [1.82, 2.24) is 5.32 Å². The molecular weight excluding hydrogens is 428 g/mol. The van der Waals surface area contributed by atoms with E-state index in [4.69, 9.17) is 9.47 Å². The zero-order valence-corrected chi connectivity index (χ0v) is 19.3. The lowest BCUT2D eigenvalue weighted by Crippen LogP contribution is -2.45. The summed E-state index contributed by atoms with van der Waals surface area (Å²) in [5.41, 5.74) is 0.952. The summed E-state index contributed by atoms with van der Waals surface area (Å²) >= 11 is 1.59. The number of esters is 1. The summed E-state index contributed by atoms with van der Waals surface area (Å²) in [4.78, 5) is 37.0. The molecule has 32 heavy (non-hydrogen) atoms. The molecule has 0 aromatic heterocycles. The van der Waals surface area contributed by atoms with Gasteiger partial charge in [-0.1, -0.05) is 31.5 Å². The van der Waals surface area contributed by atoms with Crippen molar-refractivity contribution in [1.29, 1.82) is 0 Å². The number of amides is 2. The first-order valence-corrected chi connectivity index (χ1v) is 12.0. The van der Waals surface area contributed by atoms with Crippen molar-refractivity contribution >= 4 is 35.2 Å². The minimum Gasteiger partial charge on any atom is -0.484 e. The van der Waals surface area contributed by atoms with Crippen LogP contribution in [0.3, 0.4) is 0 Å². The van der Waals surface area contributed by atoms with E-state index in [1.165, 1.54) is 0 Å². The van der Waals surface area contributed by atoms with Crippen molar-refractivity contribution in [3.05, 3.63) is 60.2 Å². The maximum atomic E-state index is 12.8. The highest BCUT2D eigenvalue weighted by atomic mass is 32.2. The monoisotopic (exact) mass is 458 g/mol. The fraction of sp³-hybridized carbons (Fsp3) is 0.375. The van der Waals surface area contributed by atoms with Crippen molar-refractivity contribution in [3.8, 4) is 5.75 Å². The van der Waals surface area contributed by atoms with Gasteiger partial charge in [-0.15, -0.1) is 0 Å². The summed E-state index contributed by atoms with van der Waals surface area (Å²) in [6.07, 6.45) is 4.18. The van der Waals surface area contributed by atoms with Gasteiger partial charge in [-0.25, -0.2) is 4.79 Å². The Hall–Kier alpha value is -3.00. The molecule has 0 radical (unpaired) electrons. The summed E-state index contributed by atoms with van der Waals surface area (Å²) in [5.74, 6) is 0.201. The fourth-order valence-electron chi connectivity index (χ4n) is 2.72. The van der Waals surface area contributed by atoms with Gasteiger partial charge in [0.05, 0.1) is 12.2 Å². The second-order valence-electron chi connectivity index (χ2n) is 7.06. The smallest absolute Gasteiger partial charge is 0.338 e. The van der Waals surface area contributed by atoms with E-state index >= 15 is 0 Å². The molecule has 0 spiro atoms. The van der Waals surface area contributed by atoms with Gasteiger partial charge >= 0.3 is 5.97 Å². The summed E-state index contributed by atoms with van der Waals surface area (Å²) in [7, 11) is 0. The molecule has 7 nitrogen and oxygen atoms in total. The Kier molecular flexibility index (Phi) is 11.2. The first-order chi connectivity index (χ1) is 15.5. The highest BCUT2D eigenvalue weighted by Crippen LogP contribution is 2.13. The Labute approximate surface area is 193 Å². The summed E-state index contributed by atoms with van der Waals surface area (Å²) in [6.45, 7) is 2.23. The van der Waals surface area contributed by atoms with Crippen molar-refractivity contribution in [2.24, 2.45) is 0 Å². The van der Waals surface area contributed by atoms with Gasteiger partial charge < -0.3 is 20.1 Å². The van der Waals surface area contributed by atoms with E-state index in [-0.39, 0.29) is 24.4 Å². The molecule has 2 rings (SSSR count). The third kappa shape index (κ3) is 9.01. The van der Waals surface area contributed by atoms with Gasteiger partial charge in [0.1, 0.15) is 11.8 Å². The molecule has 0 fully saturated rings. The fourth-order valence-corrected chi connectivity index (χ4v) is 3.19. The average molecular weight is 459 g/mol. The molecule has 0 saturated heterocycles. The number of unbranched alkanes of at least 4 members (excludes halogenated alkanes) is 1. The van der Waals surface area contributed by atoms with Gasteiger partial charge in [0.25, 0.3) is 5.91 Å². The van der Waals surface area contributed by atoms with E-state index < -0.39 is 6.04 Å². The van der Waals surface area contributed by atoms with Gasteiger partial charge in [0, 0.05) is 5.69 Å². The Bertz CT molecular complexity index is 858. The lowest BCUT2D eigenvalue weighted by atomic mass is 10.1. The third-order valence-corrected chi connectivity index (χ3v) is 5.14. The van der Waals surface area contributed by atoms with Crippen LogP contribution >= 0.6 is 11.8 Å². The van der Waals surface area contributed by atoms with E-state index in [9.17, 15) is 14.4 Å². The van der Waals surface area contributed by atoms with Crippen LogP contribution in [-0.4, -0.2) is 49.0 Å². The molecule has 0 heterocycles. The zero-order chi connectivity index (χ0) is 23.2. The molecule has 0 saturated carbocycles. The largest absolute Gasteiger partial charge is 0.484 e. The van der Waals surface area contributed by atoms with Crippen LogP contribution in [0, 0.1) is 0 Å². The summed E-state index contributed by atoms with van der Waals surface area (Å²) in [5, 5.41) is 5.53. The molecule has 2 N–H and O–H groups in total. The topological polar surface area (TPSA) is 93.7 Å². The molecule has 2 amide bonds. The van der Waals surface area contributed by atoms with Gasteiger partial charge in [-0.2, -0.15) is 11.8 Å². The molecule has 172 valence electrons. The molecule has 0 bridgehead atoms. The molecule has 1 atom stereocenters. The standard InChI is InChI=1S/C24H30N2O5S/c1-3-4-15-30-24(29)18-10-12-19(13-11-18)25-23(28)21(14-16-32-2)26-22(27)17-31-20-8-6-5-7-9-20/h5-13,21H,3-4,14-17H2,1-2H3,(H,25,28)(H,26,27). The van der Waals surface area contributed by atoms with Crippen LogP contribution in [0.4, 0.5) is 5.69 Å². The first kappa shape index (κ1) is 25.3. The second-order valence-corrected chi connectivity index (χ2v) is 8.04. The minimum atomic E-state index is -0.701. The van der Waals surface area contributed by atoms with Crippen LogP contribution in [0.25, 0.3) is 0 Å². The van der Waals surface area contributed by atoms with Gasteiger partial charge in [0.2, 0.25) is 5.91 Å². The predicted molar refractivity (Wildman–Crippen MR) is 127 cm³/mol. The number of para-hydroxylation sites is 1. The first-order valence-electron chi connectivity index (χ1n) is 10.6. The number of anilines is 1. The van der Waals surface area contributed by atoms with E-state index in [0.29, 0.717) is 35.8 Å². The Morgan fingerprint density at radius 2 is 1.75 bits per heavy atom. The van der Waals surface area contributed by atoms with Crippen LogP contribution in [0.5, 0.6) is 5.75 Å². The number of thioether (sulfide) groups is 1. The number of hydrogen-bond acceptors (Lipinski definition) is 6. The zero-order valence-electron chi connectivity index (χ0n) is 18.5. The Balaban J connectivity index is 1.90. The number of carbonyl (C=O) groups excluding carboxylic acids is 3. The van der Waals surface area contributed by atoms with Gasteiger partial charge in [0.15, 0.2) is 6.61 Å². The molecule has 1 unspecified atom stereocenters. The molecule has 2 aromatic carbocycles. The van der Waals surface area contributed by atoms with Crippen molar-refractivity contribution in [2.45, 2.75) is 32.2 Å². The maximum Gasteiger partial charge on any atom is 0.338 e. The number of benzene rings is 2. The van der Waals surface area contributed by atoms with Crippen LogP contribution in [-0.2, 0) is 14.3 Å². The third-order valence-electron chi connectivity index (χ3n) is 4.49. The SMILES string of the molecule is CCCCOC(=O)c1ccc(NC(=O)C(CCSC)NC(=O)COc2ccccc2)cc1. The summed E-state index contributed by atoms with van der Waals surface area (Å²) < 4.78 is 10.6. The van der Waals surface area contributed by atoms with E-state index in [0.717, 1.165) is 12.8 Å². The minimum absolute atomic E-state index is 0.179. The van der Waals surface area contributed by atoms with Crippen LogP contribution in [0.1, 0.15) is 36.5 Å². The molecule has 0 aliphatic carbocycles. The molecule has 2 aromatic rings. The molecular formula is C24H30N2O5S. The molecule has 8 heteroatoms. The van der Waals surface area contributed by atoms with Crippen molar-refractivity contribution in [2.75, 3.05) is 30.5 Å². The number of carbonyl (C=O) groups is 3. The Morgan fingerprint density at radius 1 is 1.03 bits per heavy atom. The van der Waals surface area contributed by atoms with Crippen LogP contribution < -0.4 is 15.4 Å². The Morgan fingerprint density at radius 3 is 2.41 bits per heavy atom. The van der Waals surface area contributed by atoms with Gasteiger partial charge in [-0.05, 0) is 61.2 Å². The van der Waals surface area contributed by atoms with Crippen molar-refractivity contribution in [3.63, 3.8) is 0 Å². The number of nitrogens with one attached hydrogen (secondary N) is 2. The lowest BCUT2D eigenvalue weighted by molar-refractivity contribution is -0.127. The van der Waals surface area contributed by atoms with Crippen molar-refractivity contribution < 1.29 is 23.9 Å². The number of ether oxygens (including phenoxy) is 2. The molecule has 0 aliphatic heterocycles. The normalized spacial score (nSPS) is 11.3. The van der Waals surface area contributed by atoms with Crippen LogP contribution in [0.2, 0.25) is 0 Å². The maximum absolute atomic E-state index is 12.8. The quantitative estimate of drug-likeness (QED) is 0.349.